The minimum atomic E-state index is -2.58. The summed E-state index contributed by atoms with van der Waals surface area (Å²) >= 11 is 0. The second kappa shape index (κ2) is 10.3. The Balaban J connectivity index is 1.25. The molecule has 0 atom stereocenters. The predicted octanol–water partition coefficient (Wildman–Crippen LogP) is 8.68. The molecular weight excluding hydrogens is 557 g/mol. The van der Waals surface area contributed by atoms with E-state index in [-0.39, 0.29) is 0 Å². The van der Waals surface area contributed by atoms with E-state index in [9.17, 15) is 0 Å². The number of hydrogen-bond acceptors (Lipinski definition) is 0. The molecule has 0 fully saturated rings. The molecule has 0 aliphatic carbocycles. The van der Waals surface area contributed by atoms with Crippen LogP contribution in [0.5, 0.6) is 0 Å². The SMILES string of the molecule is c1ccc2c(c1)-c1ccccc1[Si]2(c1ccc(-c2cccc3ccccc23)cc1)c1ccc(-c2cccc3ccccc23)cc1. The minimum Gasteiger partial charge on any atom is -0.0623 e. The van der Waals surface area contributed by atoms with Crippen molar-refractivity contribution in [3.05, 3.63) is 182 Å². The summed E-state index contributed by atoms with van der Waals surface area (Å²) in [6.45, 7) is 0. The summed E-state index contributed by atoms with van der Waals surface area (Å²) in [6, 6.07) is 67.9. The van der Waals surface area contributed by atoms with Crippen LogP contribution in [0.25, 0.3) is 54.9 Å². The summed E-state index contributed by atoms with van der Waals surface area (Å²) in [5, 5.41) is 10.9. The molecule has 0 radical (unpaired) electrons. The van der Waals surface area contributed by atoms with E-state index in [1.807, 2.05) is 0 Å². The summed E-state index contributed by atoms with van der Waals surface area (Å²) in [6.07, 6.45) is 0. The highest BCUT2D eigenvalue weighted by atomic mass is 28.3. The zero-order valence-electron chi connectivity index (χ0n) is 24.8. The van der Waals surface area contributed by atoms with Gasteiger partial charge in [-0.25, -0.2) is 0 Å². The van der Waals surface area contributed by atoms with Crippen LogP contribution in [0.15, 0.2) is 182 Å². The lowest BCUT2D eigenvalue weighted by atomic mass is 9.98. The Morgan fingerprint density at radius 1 is 0.267 bits per heavy atom. The summed E-state index contributed by atoms with van der Waals surface area (Å²) < 4.78 is 0. The number of fused-ring (bicyclic) bond motifs is 5. The van der Waals surface area contributed by atoms with Crippen molar-refractivity contribution in [2.75, 3.05) is 0 Å². The van der Waals surface area contributed by atoms with Crippen molar-refractivity contribution in [2.45, 2.75) is 0 Å². The average Bonchev–Trinajstić information content (AvgIpc) is 3.42. The van der Waals surface area contributed by atoms with Crippen LogP contribution in [0.4, 0.5) is 0 Å². The number of rotatable bonds is 4. The number of hydrogen-bond donors (Lipinski definition) is 0. The summed E-state index contributed by atoms with van der Waals surface area (Å²) in [4.78, 5) is 0. The molecule has 0 N–H and O–H groups in total. The molecule has 9 rings (SSSR count). The van der Waals surface area contributed by atoms with E-state index in [1.54, 1.807) is 0 Å². The lowest BCUT2D eigenvalue weighted by molar-refractivity contribution is 1.65. The molecule has 1 aliphatic rings. The monoisotopic (exact) mass is 586 g/mol. The molecule has 0 bridgehead atoms. The molecule has 210 valence electrons. The van der Waals surface area contributed by atoms with E-state index in [1.165, 1.54) is 75.7 Å². The lowest BCUT2D eigenvalue weighted by Crippen LogP contribution is -2.72. The molecule has 1 heteroatoms. The normalized spacial score (nSPS) is 13.1. The van der Waals surface area contributed by atoms with Crippen molar-refractivity contribution >= 4 is 50.4 Å². The molecule has 0 unspecified atom stereocenters. The smallest absolute Gasteiger partial charge is 0.0623 e. The topological polar surface area (TPSA) is 0 Å². The van der Waals surface area contributed by atoms with Gasteiger partial charge in [0.1, 0.15) is 0 Å². The Morgan fingerprint density at radius 3 is 1.09 bits per heavy atom. The third-order valence-corrected chi connectivity index (χ3v) is 14.7. The standard InChI is InChI=1S/C44H30Si/c1-3-15-37-31(11-1)13-9-19-39(37)33-23-27-35(28-24-33)45(43-21-7-5-17-41(43)42-18-6-8-22-44(42)45)36-29-25-34(26-30-36)40-20-10-14-32-12-2-4-16-38(32)40/h1-30H. The fourth-order valence-corrected chi connectivity index (χ4v) is 12.9. The van der Waals surface area contributed by atoms with Gasteiger partial charge < -0.3 is 0 Å². The summed E-state index contributed by atoms with van der Waals surface area (Å²) in [5.74, 6) is 0. The Kier molecular flexibility index (Phi) is 5.94. The molecule has 0 amide bonds. The molecule has 1 heterocycles. The highest BCUT2D eigenvalue weighted by Gasteiger charge is 2.48. The van der Waals surface area contributed by atoms with E-state index >= 15 is 0 Å². The van der Waals surface area contributed by atoms with Crippen LogP contribution in [0.3, 0.4) is 0 Å². The van der Waals surface area contributed by atoms with Gasteiger partial charge in [-0.15, -0.1) is 0 Å². The molecule has 8 aromatic carbocycles. The lowest BCUT2D eigenvalue weighted by Gasteiger charge is -2.31. The van der Waals surface area contributed by atoms with E-state index in [4.69, 9.17) is 0 Å². The Bertz CT molecular complexity index is 2180. The molecule has 0 saturated carbocycles. The average molecular weight is 587 g/mol. The molecule has 1 aliphatic heterocycles. The maximum absolute atomic E-state index is 2.58. The molecule has 45 heavy (non-hydrogen) atoms. The molecule has 8 aromatic rings. The van der Waals surface area contributed by atoms with Gasteiger partial charge in [0.05, 0.1) is 0 Å². The van der Waals surface area contributed by atoms with E-state index in [2.05, 4.69) is 182 Å². The van der Waals surface area contributed by atoms with Crippen molar-refractivity contribution in [2.24, 2.45) is 0 Å². The second-order valence-electron chi connectivity index (χ2n) is 12.0. The van der Waals surface area contributed by atoms with Crippen LogP contribution in [0.1, 0.15) is 0 Å². The minimum absolute atomic E-state index is 1.26. The van der Waals surface area contributed by atoms with Gasteiger partial charge in [0.25, 0.3) is 0 Å². The van der Waals surface area contributed by atoms with Gasteiger partial charge in [0.15, 0.2) is 8.07 Å². The van der Waals surface area contributed by atoms with Crippen molar-refractivity contribution in [1.29, 1.82) is 0 Å². The molecule has 0 saturated heterocycles. The first kappa shape index (κ1) is 25.9. The zero-order chi connectivity index (χ0) is 29.8. The van der Waals surface area contributed by atoms with Crippen LogP contribution in [0.2, 0.25) is 0 Å². The number of benzene rings is 8. The van der Waals surface area contributed by atoms with E-state index in [0.717, 1.165) is 0 Å². The van der Waals surface area contributed by atoms with Crippen LogP contribution in [-0.2, 0) is 0 Å². The van der Waals surface area contributed by atoms with Gasteiger partial charge in [0.2, 0.25) is 0 Å². The third-order valence-electron chi connectivity index (χ3n) is 9.79. The van der Waals surface area contributed by atoms with Gasteiger partial charge >= 0.3 is 0 Å². The highest BCUT2D eigenvalue weighted by molar-refractivity contribution is 7.22. The van der Waals surface area contributed by atoms with Gasteiger partial charge in [-0.2, -0.15) is 0 Å². The van der Waals surface area contributed by atoms with Gasteiger partial charge in [-0.05, 0) is 75.7 Å². The van der Waals surface area contributed by atoms with Crippen molar-refractivity contribution in [3.63, 3.8) is 0 Å². The Morgan fingerprint density at radius 2 is 0.622 bits per heavy atom. The van der Waals surface area contributed by atoms with Crippen LogP contribution < -0.4 is 20.7 Å². The Labute approximate surface area is 264 Å². The fourth-order valence-electron chi connectivity index (χ4n) is 7.78. The Hall–Kier alpha value is -5.50. The first-order valence-electron chi connectivity index (χ1n) is 15.7. The van der Waals surface area contributed by atoms with Crippen molar-refractivity contribution < 1.29 is 0 Å². The summed E-state index contributed by atoms with van der Waals surface area (Å²) in [5.41, 5.74) is 7.81. The van der Waals surface area contributed by atoms with Gasteiger partial charge in [-0.1, -0.05) is 182 Å². The maximum Gasteiger partial charge on any atom is 0.180 e. The fraction of sp³-hybridized carbons (Fsp3) is 0. The van der Waals surface area contributed by atoms with E-state index < -0.39 is 8.07 Å². The van der Waals surface area contributed by atoms with Crippen LogP contribution >= 0.6 is 0 Å². The first-order chi connectivity index (χ1) is 22.3. The van der Waals surface area contributed by atoms with Crippen molar-refractivity contribution in [3.8, 4) is 33.4 Å². The van der Waals surface area contributed by atoms with Crippen LogP contribution in [0, 0.1) is 0 Å². The summed E-state index contributed by atoms with van der Waals surface area (Å²) in [7, 11) is -2.58. The molecule has 0 nitrogen and oxygen atoms in total. The highest BCUT2D eigenvalue weighted by Crippen LogP contribution is 2.32. The van der Waals surface area contributed by atoms with E-state index in [0.29, 0.717) is 0 Å². The quantitative estimate of drug-likeness (QED) is 0.181. The van der Waals surface area contributed by atoms with Gasteiger partial charge in [0, 0.05) is 0 Å². The maximum atomic E-state index is 2.42. The predicted molar refractivity (Wildman–Crippen MR) is 195 cm³/mol. The first-order valence-corrected chi connectivity index (χ1v) is 17.7. The second-order valence-corrected chi connectivity index (χ2v) is 15.8. The third kappa shape index (κ3) is 3.91. The largest absolute Gasteiger partial charge is 0.180 e. The molecular formula is C44H30Si. The van der Waals surface area contributed by atoms with Crippen molar-refractivity contribution in [1.82, 2.24) is 0 Å². The molecule has 0 aromatic heterocycles. The van der Waals surface area contributed by atoms with Gasteiger partial charge in [-0.3, -0.25) is 0 Å². The zero-order valence-corrected chi connectivity index (χ0v) is 25.8. The molecule has 0 spiro atoms. The van der Waals surface area contributed by atoms with Crippen LogP contribution in [-0.4, -0.2) is 8.07 Å².